The molecular formula is C25H48O9. The van der Waals surface area contributed by atoms with Crippen LogP contribution in [0.25, 0.3) is 0 Å². The van der Waals surface area contributed by atoms with Crippen LogP contribution in [0.3, 0.4) is 0 Å². The van der Waals surface area contributed by atoms with Gasteiger partial charge >= 0.3 is 0 Å². The largest absolute Gasteiger partial charge is 0.394 e. The molecule has 0 spiro atoms. The van der Waals surface area contributed by atoms with Gasteiger partial charge in [0.25, 0.3) is 0 Å². The fourth-order valence-corrected chi connectivity index (χ4v) is 4.67. The summed E-state index contributed by atoms with van der Waals surface area (Å²) in [5.74, 6) is 0. The average Bonchev–Trinajstić information content (AvgIpc) is 2.84. The van der Waals surface area contributed by atoms with Gasteiger partial charge in [0.1, 0.15) is 30.5 Å². The van der Waals surface area contributed by atoms with Crippen LogP contribution in [0.5, 0.6) is 0 Å². The minimum atomic E-state index is -1.51. The number of hydrogen-bond acceptors (Lipinski definition) is 9. The van der Waals surface area contributed by atoms with E-state index in [9.17, 15) is 25.5 Å². The lowest BCUT2D eigenvalue weighted by molar-refractivity contribution is -0.334. The molecule has 2 aliphatic rings. The number of unbranched alkanes of at least 4 members (excludes halogenated alkanes) is 8. The summed E-state index contributed by atoms with van der Waals surface area (Å²) in [6.07, 6.45) is 5.21. The van der Waals surface area contributed by atoms with Gasteiger partial charge in [-0.05, 0) is 19.8 Å². The number of ether oxygens (including phenoxy) is 4. The van der Waals surface area contributed by atoms with Crippen molar-refractivity contribution in [1.82, 2.24) is 0 Å². The summed E-state index contributed by atoms with van der Waals surface area (Å²) < 4.78 is 23.1. The van der Waals surface area contributed by atoms with Gasteiger partial charge in [-0.1, -0.05) is 64.7 Å². The van der Waals surface area contributed by atoms with Gasteiger partial charge in [0.2, 0.25) is 0 Å². The molecule has 0 aromatic heterocycles. The van der Waals surface area contributed by atoms with Crippen LogP contribution in [-0.4, -0.2) is 94.1 Å². The van der Waals surface area contributed by atoms with Crippen molar-refractivity contribution in [3.63, 3.8) is 0 Å². The second-order valence-corrected chi connectivity index (χ2v) is 9.80. The van der Waals surface area contributed by atoms with E-state index in [1.54, 1.807) is 0 Å². The molecule has 0 saturated carbocycles. The van der Waals surface area contributed by atoms with Crippen LogP contribution in [0, 0.1) is 0 Å². The van der Waals surface area contributed by atoms with Crippen molar-refractivity contribution >= 4 is 0 Å². The van der Waals surface area contributed by atoms with Crippen molar-refractivity contribution < 1.29 is 44.5 Å². The van der Waals surface area contributed by atoms with Crippen molar-refractivity contribution in [3.8, 4) is 0 Å². The minimum Gasteiger partial charge on any atom is -0.394 e. The fraction of sp³-hybridized carbons (Fsp3) is 1.00. The lowest BCUT2D eigenvalue weighted by Crippen LogP contribution is -2.60. The molecule has 0 aromatic carbocycles. The fourth-order valence-electron chi connectivity index (χ4n) is 4.67. The molecule has 2 rings (SSSR count). The third-order valence-electron chi connectivity index (χ3n) is 6.86. The molecule has 9 atom stereocenters. The van der Waals surface area contributed by atoms with Crippen molar-refractivity contribution in [3.05, 3.63) is 0 Å². The molecule has 0 aliphatic carbocycles. The maximum Gasteiger partial charge on any atom is 0.187 e. The molecule has 2 fully saturated rings. The van der Waals surface area contributed by atoms with Gasteiger partial charge < -0.3 is 44.5 Å². The van der Waals surface area contributed by atoms with Crippen molar-refractivity contribution in [2.75, 3.05) is 13.2 Å². The van der Waals surface area contributed by atoms with Gasteiger partial charge in [0, 0.05) is 6.42 Å². The first-order valence-electron chi connectivity index (χ1n) is 13.3. The third kappa shape index (κ3) is 9.59. The van der Waals surface area contributed by atoms with E-state index >= 15 is 0 Å². The SMILES string of the molecule is CCCCCCCCCCCC(C)OC1CCC(OC2OC(CO)C(O)C(O)C2O)C(CO)O1. The Hall–Kier alpha value is -0.360. The molecular weight excluding hydrogens is 444 g/mol. The third-order valence-corrected chi connectivity index (χ3v) is 6.86. The van der Waals surface area contributed by atoms with E-state index in [1.807, 2.05) is 6.92 Å². The first-order chi connectivity index (χ1) is 16.4. The number of hydrogen-bond donors (Lipinski definition) is 5. The molecule has 0 bridgehead atoms. The van der Waals surface area contributed by atoms with Crippen molar-refractivity contribution in [2.45, 2.75) is 146 Å². The summed E-state index contributed by atoms with van der Waals surface area (Å²) in [5.41, 5.74) is 0. The Kier molecular flexibility index (Phi) is 14.4. The van der Waals surface area contributed by atoms with Crippen LogP contribution >= 0.6 is 0 Å². The zero-order valence-electron chi connectivity index (χ0n) is 21.0. The molecule has 2 saturated heterocycles. The Morgan fingerprint density at radius 3 is 2.00 bits per heavy atom. The molecule has 202 valence electrons. The summed E-state index contributed by atoms with van der Waals surface area (Å²) in [7, 11) is 0. The monoisotopic (exact) mass is 492 g/mol. The van der Waals surface area contributed by atoms with E-state index in [1.165, 1.54) is 51.4 Å². The summed E-state index contributed by atoms with van der Waals surface area (Å²) in [6, 6.07) is 0. The molecule has 9 unspecified atom stereocenters. The second-order valence-electron chi connectivity index (χ2n) is 9.80. The summed E-state index contributed by atoms with van der Waals surface area (Å²) in [4.78, 5) is 0. The average molecular weight is 493 g/mol. The van der Waals surface area contributed by atoms with Gasteiger partial charge in [-0.15, -0.1) is 0 Å². The Morgan fingerprint density at radius 2 is 1.38 bits per heavy atom. The predicted molar refractivity (Wildman–Crippen MR) is 126 cm³/mol. The van der Waals surface area contributed by atoms with Gasteiger partial charge in [0.05, 0.1) is 25.4 Å². The first kappa shape index (κ1) is 29.9. The van der Waals surface area contributed by atoms with Crippen LogP contribution in [0.2, 0.25) is 0 Å². The van der Waals surface area contributed by atoms with E-state index in [0.29, 0.717) is 12.8 Å². The zero-order valence-corrected chi connectivity index (χ0v) is 21.0. The van der Waals surface area contributed by atoms with E-state index in [0.717, 1.165) is 12.8 Å². The van der Waals surface area contributed by atoms with Gasteiger partial charge in [-0.3, -0.25) is 0 Å². The van der Waals surface area contributed by atoms with E-state index < -0.39 is 55.8 Å². The highest BCUT2D eigenvalue weighted by molar-refractivity contribution is 4.90. The quantitative estimate of drug-likeness (QED) is 0.205. The molecule has 0 amide bonds. The lowest BCUT2D eigenvalue weighted by atomic mass is 9.98. The topological polar surface area (TPSA) is 138 Å². The van der Waals surface area contributed by atoms with E-state index in [-0.39, 0.29) is 12.7 Å². The Labute approximate surface area is 204 Å². The summed E-state index contributed by atoms with van der Waals surface area (Å²) in [6.45, 7) is 3.46. The van der Waals surface area contributed by atoms with Crippen molar-refractivity contribution in [2.24, 2.45) is 0 Å². The molecule has 0 radical (unpaired) electrons. The van der Waals surface area contributed by atoms with Crippen LogP contribution < -0.4 is 0 Å². The molecule has 9 nitrogen and oxygen atoms in total. The highest BCUT2D eigenvalue weighted by Gasteiger charge is 2.46. The number of aliphatic hydroxyl groups excluding tert-OH is 5. The molecule has 34 heavy (non-hydrogen) atoms. The van der Waals surface area contributed by atoms with E-state index in [4.69, 9.17) is 18.9 Å². The van der Waals surface area contributed by atoms with Crippen molar-refractivity contribution in [1.29, 1.82) is 0 Å². The molecule has 9 heteroatoms. The Balaban J connectivity index is 1.67. The lowest BCUT2D eigenvalue weighted by Gasteiger charge is -2.43. The predicted octanol–water partition coefficient (Wildman–Crippen LogP) is 1.99. The zero-order chi connectivity index (χ0) is 24.9. The smallest absolute Gasteiger partial charge is 0.187 e. The Bertz CT molecular complexity index is 521. The maximum atomic E-state index is 10.2. The number of rotatable bonds is 16. The Morgan fingerprint density at radius 1 is 0.765 bits per heavy atom. The molecule has 5 N–H and O–H groups in total. The van der Waals surface area contributed by atoms with Crippen LogP contribution in [-0.2, 0) is 18.9 Å². The highest BCUT2D eigenvalue weighted by atomic mass is 16.7. The normalized spacial score (nSPS) is 35.4. The number of aliphatic hydroxyl groups is 5. The first-order valence-corrected chi connectivity index (χ1v) is 13.3. The summed E-state index contributed by atoms with van der Waals surface area (Å²) in [5, 5.41) is 49.2. The maximum absolute atomic E-state index is 10.2. The van der Waals surface area contributed by atoms with Gasteiger partial charge in [0.15, 0.2) is 12.6 Å². The summed E-state index contributed by atoms with van der Waals surface area (Å²) >= 11 is 0. The molecule has 2 heterocycles. The standard InChI is InChI=1S/C25H48O9/c1-3-4-5-6-7-8-9-10-11-12-17(2)31-21-14-13-18(19(15-26)32-21)33-25-24(30)23(29)22(28)20(16-27)34-25/h17-30H,3-16H2,1-2H3. The molecule has 2 aliphatic heterocycles. The van der Waals surface area contributed by atoms with Gasteiger partial charge in [-0.2, -0.15) is 0 Å². The minimum absolute atomic E-state index is 0.0526. The highest BCUT2D eigenvalue weighted by Crippen LogP contribution is 2.29. The van der Waals surface area contributed by atoms with Crippen LogP contribution in [0.15, 0.2) is 0 Å². The van der Waals surface area contributed by atoms with Gasteiger partial charge in [-0.25, -0.2) is 0 Å². The van der Waals surface area contributed by atoms with E-state index in [2.05, 4.69) is 6.92 Å². The van der Waals surface area contributed by atoms with Crippen LogP contribution in [0.1, 0.15) is 90.9 Å². The molecule has 0 aromatic rings. The second kappa shape index (κ2) is 16.4. The van der Waals surface area contributed by atoms with Crippen LogP contribution in [0.4, 0.5) is 0 Å².